The molecule has 0 spiro atoms. The van der Waals surface area contributed by atoms with Gasteiger partial charge in [-0.25, -0.2) is 0 Å². The molecule has 2 saturated carbocycles. The summed E-state index contributed by atoms with van der Waals surface area (Å²) in [5, 5.41) is 10.6. The molecule has 2 aliphatic carbocycles. The fourth-order valence-electron chi connectivity index (χ4n) is 4.06. The Balaban J connectivity index is 1.33. The Kier molecular flexibility index (Phi) is 6.12. The Morgan fingerprint density at radius 3 is 1.68 bits per heavy atom. The van der Waals surface area contributed by atoms with Crippen LogP contribution in [0.2, 0.25) is 0 Å². The highest BCUT2D eigenvalue weighted by atomic mass is 16.3. The Labute approximate surface area is 155 Å². The van der Waals surface area contributed by atoms with E-state index in [1.165, 1.54) is 88.2 Å². The molecule has 0 unspecified atom stereocenters. The first-order chi connectivity index (χ1) is 12.0. The number of rotatable bonds is 12. The van der Waals surface area contributed by atoms with E-state index in [1.807, 2.05) is 0 Å². The van der Waals surface area contributed by atoms with Gasteiger partial charge in [-0.05, 0) is 86.2 Å². The van der Waals surface area contributed by atoms with E-state index in [0.29, 0.717) is 16.6 Å². The van der Waals surface area contributed by atoms with Gasteiger partial charge in [0.15, 0.2) is 0 Å². The third kappa shape index (κ3) is 6.04. The lowest BCUT2D eigenvalue weighted by molar-refractivity contribution is 0.450. The van der Waals surface area contributed by atoms with Gasteiger partial charge in [-0.3, -0.25) is 0 Å². The summed E-state index contributed by atoms with van der Waals surface area (Å²) < 4.78 is 0. The fraction of sp³-hybridized carbons (Fsp3) is 0.750. The molecule has 1 aromatic carbocycles. The van der Waals surface area contributed by atoms with E-state index in [-0.39, 0.29) is 0 Å². The van der Waals surface area contributed by atoms with Gasteiger partial charge in [-0.2, -0.15) is 0 Å². The molecule has 1 N–H and O–H groups in total. The van der Waals surface area contributed by atoms with Crippen molar-refractivity contribution in [2.45, 2.75) is 104 Å². The summed E-state index contributed by atoms with van der Waals surface area (Å²) in [6, 6.07) is 6.38. The zero-order valence-corrected chi connectivity index (χ0v) is 16.6. The normalized spacial score (nSPS) is 19.8. The average molecular weight is 343 g/mol. The number of hydrogen-bond acceptors (Lipinski definition) is 1. The molecule has 3 rings (SSSR count). The first-order valence-corrected chi connectivity index (χ1v) is 10.8. The van der Waals surface area contributed by atoms with Crippen LogP contribution in [0.15, 0.2) is 18.2 Å². The number of hydrogen-bond donors (Lipinski definition) is 1. The lowest BCUT2D eigenvalue weighted by atomic mass is 9.96. The quantitative estimate of drug-likeness (QED) is 0.398. The first kappa shape index (κ1) is 18.8. The Morgan fingerprint density at radius 1 is 0.720 bits per heavy atom. The monoisotopic (exact) mass is 342 g/mol. The van der Waals surface area contributed by atoms with Gasteiger partial charge in [0.05, 0.1) is 0 Å². The number of unbranched alkanes of at least 4 members (excludes halogenated alkanes) is 4. The second-order valence-electron chi connectivity index (χ2n) is 9.67. The molecule has 0 aliphatic heterocycles. The van der Waals surface area contributed by atoms with Gasteiger partial charge in [-0.15, -0.1) is 0 Å². The average Bonchev–Trinajstić information content (AvgIpc) is 3.50. The van der Waals surface area contributed by atoms with Crippen LogP contribution in [-0.2, 0) is 12.8 Å². The maximum absolute atomic E-state index is 10.6. The molecule has 2 fully saturated rings. The number of para-hydroxylation sites is 1. The Morgan fingerprint density at radius 2 is 1.16 bits per heavy atom. The van der Waals surface area contributed by atoms with E-state index >= 15 is 0 Å². The molecule has 2 aliphatic rings. The van der Waals surface area contributed by atoms with Crippen LogP contribution in [0, 0.1) is 10.8 Å². The maximum atomic E-state index is 10.6. The van der Waals surface area contributed by atoms with Crippen LogP contribution in [0.3, 0.4) is 0 Å². The third-order valence-corrected chi connectivity index (χ3v) is 6.86. The molecule has 25 heavy (non-hydrogen) atoms. The van der Waals surface area contributed by atoms with Crippen LogP contribution in [-0.4, -0.2) is 5.11 Å². The highest BCUT2D eigenvalue weighted by Crippen LogP contribution is 2.49. The molecule has 0 radical (unpaired) electrons. The second kappa shape index (κ2) is 8.14. The van der Waals surface area contributed by atoms with Gasteiger partial charge in [0, 0.05) is 0 Å². The van der Waals surface area contributed by atoms with E-state index in [0.717, 1.165) is 12.8 Å². The fourth-order valence-corrected chi connectivity index (χ4v) is 4.06. The lowest BCUT2D eigenvalue weighted by Gasteiger charge is -2.11. The largest absolute Gasteiger partial charge is 0.507 e. The van der Waals surface area contributed by atoms with E-state index in [4.69, 9.17) is 0 Å². The highest BCUT2D eigenvalue weighted by Gasteiger charge is 2.36. The van der Waals surface area contributed by atoms with Gasteiger partial charge >= 0.3 is 0 Å². The molecule has 1 nitrogen and oxygen atoms in total. The third-order valence-electron chi connectivity index (χ3n) is 6.86. The molecule has 0 aromatic heterocycles. The summed E-state index contributed by atoms with van der Waals surface area (Å²) in [4.78, 5) is 0. The molecule has 0 bridgehead atoms. The minimum atomic E-state index is 0.589. The maximum Gasteiger partial charge on any atom is 0.121 e. The van der Waals surface area contributed by atoms with Crippen LogP contribution in [0.1, 0.15) is 102 Å². The van der Waals surface area contributed by atoms with Gasteiger partial charge in [0.1, 0.15) is 5.75 Å². The van der Waals surface area contributed by atoms with E-state index in [2.05, 4.69) is 32.0 Å². The number of benzene rings is 1. The van der Waals surface area contributed by atoms with Gasteiger partial charge < -0.3 is 5.11 Å². The first-order valence-electron chi connectivity index (χ1n) is 10.8. The standard InChI is InChI=1S/C24H38O/c1-23(16-17-23)14-7-4-3-5-10-20-12-9-13-21(22(20)25)11-6-8-15-24(2)18-19-24/h9,12-13,25H,3-8,10-11,14-19H2,1-2H3. The second-order valence-corrected chi connectivity index (χ2v) is 9.67. The van der Waals surface area contributed by atoms with Crippen molar-refractivity contribution in [2.24, 2.45) is 10.8 Å². The summed E-state index contributed by atoms with van der Waals surface area (Å²) in [7, 11) is 0. The minimum Gasteiger partial charge on any atom is -0.507 e. The van der Waals surface area contributed by atoms with Crippen molar-refractivity contribution in [3.63, 3.8) is 0 Å². The summed E-state index contributed by atoms with van der Waals surface area (Å²) in [5.74, 6) is 0.589. The van der Waals surface area contributed by atoms with E-state index in [1.54, 1.807) is 0 Å². The molecule has 0 saturated heterocycles. The molecule has 1 aromatic rings. The van der Waals surface area contributed by atoms with Crippen molar-refractivity contribution in [3.8, 4) is 5.75 Å². The summed E-state index contributed by atoms with van der Waals surface area (Å²) in [5.41, 5.74) is 3.71. The van der Waals surface area contributed by atoms with Gasteiger partial charge in [-0.1, -0.05) is 57.7 Å². The van der Waals surface area contributed by atoms with Crippen molar-refractivity contribution in [2.75, 3.05) is 0 Å². The Bertz CT molecular complexity index is 551. The minimum absolute atomic E-state index is 0.589. The summed E-state index contributed by atoms with van der Waals surface area (Å²) >= 11 is 0. The van der Waals surface area contributed by atoms with Crippen molar-refractivity contribution < 1.29 is 5.11 Å². The topological polar surface area (TPSA) is 20.2 Å². The number of aryl methyl sites for hydroxylation is 2. The van der Waals surface area contributed by atoms with Crippen molar-refractivity contribution in [3.05, 3.63) is 29.3 Å². The van der Waals surface area contributed by atoms with Crippen LogP contribution in [0.25, 0.3) is 0 Å². The van der Waals surface area contributed by atoms with Gasteiger partial charge in [0.2, 0.25) is 0 Å². The summed E-state index contributed by atoms with van der Waals surface area (Å²) in [6.07, 6.45) is 18.4. The molecule has 1 heteroatoms. The lowest BCUT2D eigenvalue weighted by Crippen LogP contribution is -1.96. The van der Waals surface area contributed by atoms with E-state index in [9.17, 15) is 5.11 Å². The molecule has 140 valence electrons. The van der Waals surface area contributed by atoms with Crippen molar-refractivity contribution in [1.29, 1.82) is 0 Å². The number of phenolic OH excluding ortho intramolecular Hbond substituents is 1. The SMILES string of the molecule is CC1(CCCCCCc2cccc(CCCCC3(C)CC3)c2O)CC1. The molecule has 0 amide bonds. The van der Waals surface area contributed by atoms with Crippen molar-refractivity contribution >= 4 is 0 Å². The zero-order valence-electron chi connectivity index (χ0n) is 16.6. The highest BCUT2D eigenvalue weighted by molar-refractivity contribution is 5.40. The van der Waals surface area contributed by atoms with Crippen molar-refractivity contribution in [1.82, 2.24) is 0 Å². The van der Waals surface area contributed by atoms with E-state index < -0.39 is 0 Å². The van der Waals surface area contributed by atoms with Crippen LogP contribution < -0.4 is 0 Å². The van der Waals surface area contributed by atoms with Crippen LogP contribution in [0.5, 0.6) is 5.75 Å². The number of phenols is 1. The molecular weight excluding hydrogens is 304 g/mol. The Hall–Kier alpha value is -0.980. The van der Waals surface area contributed by atoms with Gasteiger partial charge in [0.25, 0.3) is 0 Å². The molecular formula is C24H38O. The van der Waals surface area contributed by atoms with Crippen LogP contribution in [0.4, 0.5) is 0 Å². The number of aromatic hydroxyl groups is 1. The zero-order chi connectivity index (χ0) is 17.8. The predicted molar refractivity (Wildman–Crippen MR) is 107 cm³/mol. The molecule has 0 atom stereocenters. The molecule has 0 heterocycles. The summed E-state index contributed by atoms with van der Waals surface area (Å²) in [6.45, 7) is 4.84. The van der Waals surface area contributed by atoms with Crippen LogP contribution >= 0.6 is 0 Å². The smallest absolute Gasteiger partial charge is 0.121 e. The predicted octanol–water partition coefficient (Wildman–Crippen LogP) is 7.20.